The third kappa shape index (κ3) is 9.17. The van der Waals surface area contributed by atoms with Gasteiger partial charge in [-0.15, -0.1) is 0 Å². The van der Waals surface area contributed by atoms with Crippen molar-refractivity contribution in [2.24, 2.45) is 17.1 Å². The fourth-order valence-electron chi connectivity index (χ4n) is 2.48. The first-order valence-corrected chi connectivity index (χ1v) is 6.52. The van der Waals surface area contributed by atoms with Crippen molar-refractivity contribution in [2.75, 3.05) is 6.54 Å². The summed E-state index contributed by atoms with van der Waals surface area (Å²) in [6.45, 7) is 16.7. The first-order chi connectivity index (χ1) is 7.02. The van der Waals surface area contributed by atoms with E-state index in [4.69, 9.17) is 5.73 Å². The van der Waals surface area contributed by atoms with Crippen molar-refractivity contribution < 1.29 is 0 Å². The van der Waals surface area contributed by atoms with Crippen LogP contribution in [-0.4, -0.2) is 18.1 Å². The quantitative estimate of drug-likeness (QED) is 0.733. The van der Waals surface area contributed by atoms with Crippen LogP contribution in [0.2, 0.25) is 0 Å². The smallest absolute Gasteiger partial charge is 0.0167 e. The Morgan fingerprint density at radius 1 is 1.06 bits per heavy atom. The van der Waals surface area contributed by atoms with Gasteiger partial charge in [0.15, 0.2) is 0 Å². The van der Waals surface area contributed by atoms with E-state index in [2.05, 4.69) is 53.8 Å². The molecule has 0 heterocycles. The highest BCUT2D eigenvalue weighted by Gasteiger charge is 2.25. The molecule has 0 fully saturated rings. The van der Waals surface area contributed by atoms with E-state index in [-0.39, 0.29) is 11.6 Å². The molecule has 0 saturated carbocycles. The molecule has 0 aliphatic heterocycles. The average Bonchev–Trinajstić information content (AvgIpc) is 1.95. The van der Waals surface area contributed by atoms with Crippen LogP contribution < -0.4 is 11.1 Å². The molecule has 98 valence electrons. The molecular formula is C14H32N2. The Balaban J connectivity index is 3.99. The number of rotatable bonds is 6. The molecule has 3 N–H and O–H groups in total. The summed E-state index contributed by atoms with van der Waals surface area (Å²) in [4.78, 5) is 0. The van der Waals surface area contributed by atoms with Gasteiger partial charge in [-0.1, -0.05) is 34.6 Å². The van der Waals surface area contributed by atoms with Gasteiger partial charge in [-0.3, -0.25) is 0 Å². The van der Waals surface area contributed by atoms with E-state index in [0.29, 0.717) is 11.3 Å². The van der Waals surface area contributed by atoms with Crippen molar-refractivity contribution >= 4 is 0 Å². The lowest BCUT2D eigenvalue weighted by Gasteiger charge is -2.34. The predicted molar refractivity (Wildman–Crippen MR) is 73.6 cm³/mol. The summed E-state index contributed by atoms with van der Waals surface area (Å²) in [5.41, 5.74) is 6.62. The lowest BCUT2D eigenvalue weighted by atomic mass is 9.81. The van der Waals surface area contributed by atoms with Crippen LogP contribution in [0.25, 0.3) is 0 Å². The molecule has 0 aromatic carbocycles. The first kappa shape index (κ1) is 15.9. The minimum atomic E-state index is 0.173. The highest BCUT2D eigenvalue weighted by Crippen LogP contribution is 2.26. The summed E-state index contributed by atoms with van der Waals surface area (Å²) >= 11 is 0. The molecule has 0 aliphatic rings. The van der Waals surface area contributed by atoms with Crippen LogP contribution in [0.5, 0.6) is 0 Å². The molecule has 2 heteroatoms. The van der Waals surface area contributed by atoms with E-state index in [1.54, 1.807) is 0 Å². The highest BCUT2D eigenvalue weighted by molar-refractivity contribution is 4.84. The van der Waals surface area contributed by atoms with Gasteiger partial charge in [-0.25, -0.2) is 0 Å². The van der Waals surface area contributed by atoms with Gasteiger partial charge < -0.3 is 11.1 Å². The van der Waals surface area contributed by atoms with Crippen LogP contribution >= 0.6 is 0 Å². The van der Waals surface area contributed by atoms with Crippen molar-refractivity contribution in [3.8, 4) is 0 Å². The molecule has 0 aromatic heterocycles. The molecular weight excluding hydrogens is 196 g/mol. The van der Waals surface area contributed by atoms with E-state index in [0.717, 1.165) is 19.4 Å². The third-order valence-electron chi connectivity index (χ3n) is 2.59. The van der Waals surface area contributed by atoms with Crippen LogP contribution in [0.15, 0.2) is 0 Å². The molecule has 0 amide bonds. The normalized spacial score (nSPS) is 15.6. The van der Waals surface area contributed by atoms with Gasteiger partial charge in [0.05, 0.1) is 0 Å². The molecule has 0 aliphatic carbocycles. The fraction of sp³-hybridized carbons (Fsp3) is 1.00. The molecule has 0 bridgehead atoms. The minimum Gasteiger partial charge on any atom is -0.327 e. The van der Waals surface area contributed by atoms with Gasteiger partial charge in [-0.2, -0.15) is 0 Å². The van der Waals surface area contributed by atoms with Crippen LogP contribution in [0, 0.1) is 11.3 Å². The van der Waals surface area contributed by atoms with Crippen LogP contribution in [0.4, 0.5) is 0 Å². The Morgan fingerprint density at radius 3 is 1.94 bits per heavy atom. The Hall–Kier alpha value is -0.0800. The average molecular weight is 228 g/mol. The molecule has 0 aromatic rings. The van der Waals surface area contributed by atoms with Crippen molar-refractivity contribution in [1.29, 1.82) is 0 Å². The second-order valence-electron chi connectivity index (χ2n) is 7.39. The molecule has 0 radical (unpaired) electrons. The van der Waals surface area contributed by atoms with E-state index in [1.807, 2.05) is 0 Å². The van der Waals surface area contributed by atoms with Gasteiger partial charge >= 0.3 is 0 Å². The lowest BCUT2D eigenvalue weighted by Crippen LogP contribution is -2.47. The Kier molecular flexibility index (Phi) is 5.99. The van der Waals surface area contributed by atoms with Crippen molar-refractivity contribution in [1.82, 2.24) is 5.32 Å². The Morgan fingerprint density at radius 2 is 1.56 bits per heavy atom. The monoisotopic (exact) mass is 228 g/mol. The van der Waals surface area contributed by atoms with Crippen LogP contribution in [0.3, 0.4) is 0 Å². The SMILES string of the molecule is CC(C)CC(N)CNC(C)(C)CC(C)(C)C. The molecule has 2 nitrogen and oxygen atoms in total. The molecule has 0 spiro atoms. The Labute approximate surface area is 102 Å². The maximum absolute atomic E-state index is 6.08. The highest BCUT2D eigenvalue weighted by atomic mass is 15.0. The summed E-state index contributed by atoms with van der Waals surface area (Å²) < 4.78 is 0. The van der Waals surface area contributed by atoms with Gasteiger partial charge in [0.25, 0.3) is 0 Å². The summed E-state index contributed by atoms with van der Waals surface area (Å²) in [5, 5.41) is 3.60. The molecule has 16 heavy (non-hydrogen) atoms. The number of hydrogen-bond acceptors (Lipinski definition) is 2. The maximum Gasteiger partial charge on any atom is 0.0167 e. The van der Waals surface area contributed by atoms with Gasteiger partial charge in [0.1, 0.15) is 0 Å². The fourth-order valence-corrected chi connectivity index (χ4v) is 2.48. The number of nitrogens with one attached hydrogen (secondary N) is 1. The van der Waals surface area contributed by atoms with Crippen molar-refractivity contribution in [2.45, 2.75) is 72.9 Å². The standard InChI is InChI=1S/C14H32N2/c1-11(2)8-12(15)9-16-14(6,7)10-13(3,4)5/h11-12,16H,8-10,15H2,1-7H3. The van der Waals surface area contributed by atoms with Gasteiger partial charge in [0, 0.05) is 18.1 Å². The lowest BCUT2D eigenvalue weighted by molar-refractivity contribution is 0.236. The van der Waals surface area contributed by atoms with E-state index >= 15 is 0 Å². The predicted octanol–water partition coefficient (Wildman–Crippen LogP) is 3.16. The maximum atomic E-state index is 6.08. The third-order valence-corrected chi connectivity index (χ3v) is 2.59. The van der Waals surface area contributed by atoms with E-state index in [9.17, 15) is 0 Å². The second-order valence-corrected chi connectivity index (χ2v) is 7.39. The van der Waals surface area contributed by atoms with Gasteiger partial charge in [0.2, 0.25) is 0 Å². The van der Waals surface area contributed by atoms with Crippen LogP contribution in [0.1, 0.15) is 61.3 Å². The second kappa shape index (κ2) is 6.02. The Bertz CT molecular complexity index is 189. The van der Waals surface area contributed by atoms with E-state index in [1.165, 1.54) is 0 Å². The van der Waals surface area contributed by atoms with Crippen molar-refractivity contribution in [3.05, 3.63) is 0 Å². The summed E-state index contributed by atoms with van der Waals surface area (Å²) in [7, 11) is 0. The molecule has 0 saturated heterocycles. The number of hydrogen-bond donors (Lipinski definition) is 2. The summed E-state index contributed by atoms with van der Waals surface area (Å²) in [6.07, 6.45) is 2.26. The van der Waals surface area contributed by atoms with E-state index < -0.39 is 0 Å². The van der Waals surface area contributed by atoms with Crippen LogP contribution in [-0.2, 0) is 0 Å². The largest absolute Gasteiger partial charge is 0.327 e. The minimum absolute atomic E-state index is 0.173. The zero-order valence-corrected chi connectivity index (χ0v) is 12.4. The zero-order chi connectivity index (χ0) is 13.0. The molecule has 1 atom stereocenters. The summed E-state index contributed by atoms with van der Waals surface area (Å²) in [5.74, 6) is 0.683. The summed E-state index contributed by atoms with van der Waals surface area (Å²) in [6, 6.07) is 0.277. The number of nitrogens with two attached hydrogens (primary N) is 1. The first-order valence-electron chi connectivity index (χ1n) is 6.52. The van der Waals surface area contributed by atoms with Gasteiger partial charge in [-0.05, 0) is 38.0 Å². The molecule has 0 rings (SSSR count). The zero-order valence-electron chi connectivity index (χ0n) is 12.4. The molecule has 1 unspecified atom stereocenters. The topological polar surface area (TPSA) is 38.0 Å². The van der Waals surface area contributed by atoms with Crippen molar-refractivity contribution in [3.63, 3.8) is 0 Å².